The molecule has 3 heteroatoms. The van der Waals surface area contributed by atoms with Crippen LogP contribution in [0, 0.1) is 0 Å². The molecule has 0 bridgehead atoms. The van der Waals surface area contributed by atoms with Gasteiger partial charge in [-0.15, -0.1) is 0 Å². The summed E-state index contributed by atoms with van der Waals surface area (Å²) >= 11 is 0. The molecule has 1 saturated heterocycles. The van der Waals surface area contributed by atoms with E-state index in [1.165, 1.54) is 36.8 Å². The Balaban J connectivity index is 1.47. The summed E-state index contributed by atoms with van der Waals surface area (Å²) in [6, 6.07) is 10.3. The summed E-state index contributed by atoms with van der Waals surface area (Å²) in [6.07, 6.45) is 6.96. The standard InChI is InChI=1S/C18H24N2O/c21-18-6-3-11-19(18)12-13-20(15-8-9-15)17-10-7-14-4-1-2-5-16(14)17/h1-2,4-5,15,17H,3,6-13H2/t17-/m0/s1. The summed E-state index contributed by atoms with van der Waals surface area (Å²) in [7, 11) is 0. The maximum absolute atomic E-state index is 11.8. The second kappa shape index (κ2) is 5.45. The zero-order chi connectivity index (χ0) is 14.2. The lowest BCUT2D eigenvalue weighted by atomic mass is 10.1. The largest absolute Gasteiger partial charge is 0.341 e. The van der Waals surface area contributed by atoms with Crippen molar-refractivity contribution < 1.29 is 4.79 Å². The van der Waals surface area contributed by atoms with Crippen molar-refractivity contribution in [2.24, 2.45) is 0 Å². The Morgan fingerprint density at radius 1 is 1.14 bits per heavy atom. The quantitative estimate of drug-likeness (QED) is 0.830. The van der Waals surface area contributed by atoms with Crippen LogP contribution >= 0.6 is 0 Å². The number of likely N-dealkylation sites (tertiary alicyclic amines) is 1. The number of rotatable bonds is 5. The first-order valence-electron chi connectivity index (χ1n) is 8.44. The Hall–Kier alpha value is -1.35. The predicted molar refractivity (Wildman–Crippen MR) is 83.0 cm³/mol. The Labute approximate surface area is 126 Å². The Morgan fingerprint density at radius 2 is 2.00 bits per heavy atom. The molecule has 1 saturated carbocycles. The van der Waals surface area contributed by atoms with E-state index in [-0.39, 0.29) is 0 Å². The van der Waals surface area contributed by atoms with Gasteiger partial charge in [-0.25, -0.2) is 0 Å². The smallest absolute Gasteiger partial charge is 0.222 e. The highest BCUT2D eigenvalue weighted by Gasteiger charge is 2.37. The molecular formula is C18H24N2O. The third-order valence-electron chi connectivity index (χ3n) is 5.32. The van der Waals surface area contributed by atoms with E-state index in [1.807, 2.05) is 0 Å². The molecule has 0 radical (unpaired) electrons. The second-order valence-corrected chi connectivity index (χ2v) is 6.71. The third-order valence-corrected chi connectivity index (χ3v) is 5.32. The van der Waals surface area contributed by atoms with E-state index in [1.54, 1.807) is 0 Å². The number of fused-ring (bicyclic) bond motifs is 1. The van der Waals surface area contributed by atoms with Gasteiger partial charge < -0.3 is 4.90 Å². The van der Waals surface area contributed by atoms with Crippen LogP contribution in [0.3, 0.4) is 0 Å². The maximum Gasteiger partial charge on any atom is 0.222 e. The molecule has 1 aromatic carbocycles. The number of aryl methyl sites for hydroxylation is 1. The Kier molecular flexibility index (Phi) is 3.46. The summed E-state index contributed by atoms with van der Waals surface area (Å²) in [6.45, 7) is 2.95. The second-order valence-electron chi connectivity index (χ2n) is 6.71. The van der Waals surface area contributed by atoms with Crippen LogP contribution in [0.4, 0.5) is 0 Å². The topological polar surface area (TPSA) is 23.6 Å². The SMILES string of the molecule is O=C1CCCN1CCN(C1CC1)[C@H]1CCc2ccccc21. The van der Waals surface area contributed by atoms with Crippen molar-refractivity contribution in [3.05, 3.63) is 35.4 Å². The highest BCUT2D eigenvalue weighted by atomic mass is 16.2. The fraction of sp³-hybridized carbons (Fsp3) is 0.611. The van der Waals surface area contributed by atoms with E-state index in [2.05, 4.69) is 34.1 Å². The lowest BCUT2D eigenvalue weighted by Crippen LogP contribution is -2.38. The minimum absolute atomic E-state index is 0.359. The molecule has 21 heavy (non-hydrogen) atoms. The minimum atomic E-state index is 0.359. The van der Waals surface area contributed by atoms with Gasteiger partial charge in [-0.3, -0.25) is 9.69 Å². The van der Waals surface area contributed by atoms with E-state index in [9.17, 15) is 4.79 Å². The molecule has 0 N–H and O–H groups in total. The Morgan fingerprint density at radius 3 is 2.76 bits per heavy atom. The van der Waals surface area contributed by atoms with Crippen molar-refractivity contribution in [1.29, 1.82) is 0 Å². The third kappa shape index (κ3) is 2.59. The van der Waals surface area contributed by atoms with Crippen molar-refractivity contribution in [3.8, 4) is 0 Å². The number of carbonyl (C=O) groups is 1. The van der Waals surface area contributed by atoms with E-state index >= 15 is 0 Å². The van der Waals surface area contributed by atoms with Gasteiger partial charge in [0.1, 0.15) is 0 Å². The normalized spacial score (nSPS) is 24.9. The number of benzene rings is 1. The summed E-state index contributed by atoms with van der Waals surface area (Å²) in [5.41, 5.74) is 3.07. The van der Waals surface area contributed by atoms with Crippen molar-refractivity contribution in [2.45, 2.75) is 50.6 Å². The first kappa shape index (κ1) is 13.3. The van der Waals surface area contributed by atoms with Crippen LogP contribution in [0.25, 0.3) is 0 Å². The van der Waals surface area contributed by atoms with Gasteiger partial charge in [-0.1, -0.05) is 24.3 Å². The van der Waals surface area contributed by atoms with Crippen LogP contribution in [-0.2, 0) is 11.2 Å². The number of carbonyl (C=O) groups excluding carboxylic acids is 1. The number of hydrogen-bond acceptors (Lipinski definition) is 2. The maximum atomic E-state index is 11.8. The molecule has 4 rings (SSSR count). The molecule has 1 amide bonds. The van der Waals surface area contributed by atoms with E-state index < -0.39 is 0 Å². The highest BCUT2D eigenvalue weighted by molar-refractivity contribution is 5.78. The van der Waals surface area contributed by atoms with Crippen LogP contribution in [0.2, 0.25) is 0 Å². The fourth-order valence-corrected chi connectivity index (χ4v) is 4.05. The zero-order valence-electron chi connectivity index (χ0n) is 12.6. The van der Waals surface area contributed by atoms with Gasteiger partial charge in [0.05, 0.1) is 0 Å². The van der Waals surface area contributed by atoms with E-state index in [0.29, 0.717) is 11.9 Å². The molecule has 1 atom stereocenters. The molecule has 1 heterocycles. The van der Waals surface area contributed by atoms with Crippen LogP contribution in [-0.4, -0.2) is 41.4 Å². The van der Waals surface area contributed by atoms with Crippen LogP contribution in [0.5, 0.6) is 0 Å². The zero-order valence-corrected chi connectivity index (χ0v) is 12.6. The van der Waals surface area contributed by atoms with Crippen LogP contribution in [0.1, 0.15) is 49.3 Å². The molecule has 112 valence electrons. The van der Waals surface area contributed by atoms with Crippen molar-refractivity contribution in [1.82, 2.24) is 9.80 Å². The van der Waals surface area contributed by atoms with Crippen molar-refractivity contribution >= 4 is 5.91 Å². The van der Waals surface area contributed by atoms with Gasteiger partial charge in [0, 0.05) is 38.1 Å². The molecule has 2 fully saturated rings. The molecule has 1 aromatic rings. The van der Waals surface area contributed by atoms with Crippen LogP contribution < -0.4 is 0 Å². The van der Waals surface area contributed by atoms with Crippen molar-refractivity contribution in [3.63, 3.8) is 0 Å². The summed E-state index contributed by atoms with van der Waals surface area (Å²) in [5.74, 6) is 0.359. The lowest BCUT2D eigenvalue weighted by molar-refractivity contribution is -0.127. The first-order chi connectivity index (χ1) is 10.3. The number of nitrogens with zero attached hydrogens (tertiary/aromatic N) is 2. The molecule has 0 spiro atoms. The molecule has 1 aliphatic heterocycles. The molecule has 0 aromatic heterocycles. The highest BCUT2D eigenvalue weighted by Crippen LogP contribution is 2.41. The fourth-order valence-electron chi connectivity index (χ4n) is 4.05. The summed E-state index contributed by atoms with van der Waals surface area (Å²) < 4.78 is 0. The Bertz CT molecular complexity index is 538. The van der Waals surface area contributed by atoms with Gasteiger partial charge in [0.25, 0.3) is 0 Å². The van der Waals surface area contributed by atoms with Gasteiger partial charge >= 0.3 is 0 Å². The van der Waals surface area contributed by atoms with Gasteiger partial charge in [-0.2, -0.15) is 0 Å². The summed E-state index contributed by atoms with van der Waals surface area (Å²) in [5, 5.41) is 0. The van der Waals surface area contributed by atoms with Gasteiger partial charge in [0.2, 0.25) is 5.91 Å². The summed E-state index contributed by atoms with van der Waals surface area (Å²) in [4.78, 5) is 16.6. The molecule has 3 nitrogen and oxygen atoms in total. The molecule has 3 aliphatic rings. The van der Waals surface area contributed by atoms with Gasteiger partial charge in [-0.05, 0) is 43.2 Å². The molecule has 0 unspecified atom stereocenters. The predicted octanol–water partition coefficient (Wildman–Crippen LogP) is 2.76. The average molecular weight is 284 g/mol. The lowest BCUT2D eigenvalue weighted by Gasteiger charge is -2.31. The number of amides is 1. The first-order valence-corrected chi connectivity index (χ1v) is 8.44. The van der Waals surface area contributed by atoms with Gasteiger partial charge in [0.15, 0.2) is 0 Å². The van der Waals surface area contributed by atoms with Crippen molar-refractivity contribution in [2.75, 3.05) is 19.6 Å². The number of hydrogen-bond donors (Lipinski definition) is 0. The van der Waals surface area contributed by atoms with Crippen LogP contribution in [0.15, 0.2) is 24.3 Å². The molecular weight excluding hydrogens is 260 g/mol. The van der Waals surface area contributed by atoms with E-state index in [4.69, 9.17) is 0 Å². The monoisotopic (exact) mass is 284 g/mol. The average Bonchev–Trinajstić information content (AvgIpc) is 3.13. The van der Waals surface area contributed by atoms with E-state index in [0.717, 1.165) is 38.5 Å². The minimum Gasteiger partial charge on any atom is -0.341 e. The molecule has 2 aliphatic carbocycles.